The highest BCUT2D eigenvalue weighted by atomic mass is 16.1. The first kappa shape index (κ1) is 12.0. The molecule has 0 aromatic carbocycles. The summed E-state index contributed by atoms with van der Waals surface area (Å²) in [6.07, 6.45) is 6.34. The van der Waals surface area contributed by atoms with Crippen LogP contribution in [0.3, 0.4) is 0 Å². The average Bonchev–Trinajstić information content (AvgIpc) is 2.80. The lowest BCUT2D eigenvalue weighted by atomic mass is 9.90. The van der Waals surface area contributed by atoms with E-state index in [2.05, 4.69) is 10.3 Å². The van der Waals surface area contributed by atoms with Gasteiger partial charge in [-0.3, -0.25) is 9.78 Å². The molecule has 4 nitrogen and oxygen atoms in total. The molecule has 17 heavy (non-hydrogen) atoms. The number of hydrogen-bond donors (Lipinski definition) is 2. The zero-order valence-electron chi connectivity index (χ0n) is 9.98. The molecule has 92 valence electrons. The van der Waals surface area contributed by atoms with Crippen molar-refractivity contribution in [3.8, 4) is 0 Å². The lowest BCUT2D eigenvalue weighted by molar-refractivity contribution is -0.124. The minimum Gasteiger partial charge on any atom is -0.368 e. The van der Waals surface area contributed by atoms with Gasteiger partial charge in [-0.25, -0.2) is 0 Å². The second-order valence-corrected chi connectivity index (χ2v) is 4.65. The van der Waals surface area contributed by atoms with E-state index in [9.17, 15) is 4.79 Å². The summed E-state index contributed by atoms with van der Waals surface area (Å²) in [4.78, 5) is 15.8. The molecular formula is C13H19N3O. The molecule has 0 bridgehead atoms. The predicted molar refractivity (Wildman–Crippen MR) is 66.3 cm³/mol. The first-order valence-corrected chi connectivity index (χ1v) is 6.18. The molecule has 0 saturated carbocycles. The van der Waals surface area contributed by atoms with Crippen molar-refractivity contribution >= 4 is 5.91 Å². The lowest BCUT2D eigenvalue weighted by Crippen LogP contribution is -2.51. The second-order valence-electron chi connectivity index (χ2n) is 4.65. The van der Waals surface area contributed by atoms with E-state index in [1.807, 2.05) is 18.2 Å². The van der Waals surface area contributed by atoms with Crippen LogP contribution in [-0.2, 0) is 11.2 Å². The van der Waals surface area contributed by atoms with Gasteiger partial charge in [0.1, 0.15) is 0 Å². The van der Waals surface area contributed by atoms with Crippen molar-refractivity contribution in [2.24, 2.45) is 5.73 Å². The van der Waals surface area contributed by atoms with Crippen LogP contribution in [0.25, 0.3) is 0 Å². The number of nitrogens with one attached hydrogen (secondary N) is 1. The van der Waals surface area contributed by atoms with Gasteiger partial charge in [0.15, 0.2) is 0 Å². The smallest absolute Gasteiger partial charge is 0.237 e. The van der Waals surface area contributed by atoms with Gasteiger partial charge in [-0.15, -0.1) is 0 Å². The molecule has 1 fully saturated rings. The van der Waals surface area contributed by atoms with Crippen LogP contribution >= 0.6 is 0 Å². The summed E-state index contributed by atoms with van der Waals surface area (Å²) in [5, 5.41) is 3.26. The fourth-order valence-electron chi connectivity index (χ4n) is 2.47. The third-order valence-electron chi connectivity index (χ3n) is 3.48. The van der Waals surface area contributed by atoms with E-state index in [-0.39, 0.29) is 5.91 Å². The van der Waals surface area contributed by atoms with Crippen LogP contribution in [0, 0.1) is 0 Å². The van der Waals surface area contributed by atoms with Crippen molar-refractivity contribution in [1.82, 2.24) is 10.3 Å². The van der Waals surface area contributed by atoms with Crippen molar-refractivity contribution < 1.29 is 4.79 Å². The van der Waals surface area contributed by atoms with E-state index in [0.717, 1.165) is 44.3 Å². The third-order valence-corrected chi connectivity index (χ3v) is 3.48. The Kier molecular flexibility index (Phi) is 3.74. The first-order valence-electron chi connectivity index (χ1n) is 6.18. The van der Waals surface area contributed by atoms with E-state index < -0.39 is 5.54 Å². The molecule has 4 heteroatoms. The summed E-state index contributed by atoms with van der Waals surface area (Å²) in [5.74, 6) is -0.212. The fourth-order valence-corrected chi connectivity index (χ4v) is 2.47. The highest BCUT2D eigenvalue weighted by Crippen LogP contribution is 2.24. The highest BCUT2D eigenvalue weighted by Gasteiger charge is 2.38. The van der Waals surface area contributed by atoms with Crippen molar-refractivity contribution in [2.45, 2.75) is 37.6 Å². The van der Waals surface area contributed by atoms with E-state index >= 15 is 0 Å². The van der Waals surface area contributed by atoms with Gasteiger partial charge in [0.05, 0.1) is 5.54 Å². The number of carbonyl (C=O) groups is 1. The summed E-state index contributed by atoms with van der Waals surface area (Å²) in [6, 6.07) is 5.91. The van der Waals surface area contributed by atoms with Gasteiger partial charge in [-0.2, -0.15) is 0 Å². The quantitative estimate of drug-likeness (QED) is 0.797. The summed E-state index contributed by atoms with van der Waals surface area (Å²) < 4.78 is 0. The Morgan fingerprint density at radius 1 is 1.53 bits per heavy atom. The monoisotopic (exact) mass is 233 g/mol. The minimum absolute atomic E-state index is 0.212. The Labute approximate surface area is 102 Å². The number of aryl methyl sites for hydroxylation is 1. The molecular weight excluding hydrogens is 214 g/mol. The normalized spacial score (nSPS) is 23.8. The Hall–Kier alpha value is -1.42. The molecule has 2 rings (SSSR count). The summed E-state index contributed by atoms with van der Waals surface area (Å²) >= 11 is 0. The maximum Gasteiger partial charge on any atom is 0.237 e. The predicted octanol–water partition coefficient (Wildman–Crippen LogP) is 1.01. The van der Waals surface area contributed by atoms with Crippen LogP contribution in [0.2, 0.25) is 0 Å². The summed E-state index contributed by atoms with van der Waals surface area (Å²) in [7, 11) is 0. The Balaban J connectivity index is 1.87. The Morgan fingerprint density at radius 2 is 2.41 bits per heavy atom. The molecule has 2 heterocycles. The van der Waals surface area contributed by atoms with Crippen molar-refractivity contribution in [3.63, 3.8) is 0 Å². The molecule has 3 N–H and O–H groups in total. The van der Waals surface area contributed by atoms with Crippen LogP contribution in [-0.4, -0.2) is 23.0 Å². The number of primary amides is 1. The molecule has 1 aliphatic rings. The number of pyridine rings is 1. The van der Waals surface area contributed by atoms with Crippen LogP contribution in [0.1, 0.15) is 31.4 Å². The molecule has 1 saturated heterocycles. The zero-order chi connectivity index (χ0) is 12.1. The second kappa shape index (κ2) is 5.27. The SMILES string of the molecule is NC(=O)[C@]1(CCCc2ccccn2)CCCN1. The highest BCUT2D eigenvalue weighted by molar-refractivity contribution is 5.85. The van der Waals surface area contributed by atoms with Crippen LogP contribution in [0.4, 0.5) is 0 Å². The third kappa shape index (κ3) is 2.82. The van der Waals surface area contributed by atoms with Gasteiger partial charge in [-0.05, 0) is 50.8 Å². The van der Waals surface area contributed by atoms with E-state index in [1.54, 1.807) is 6.20 Å². The number of nitrogens with two attached hydrogens (primary N) is 1. The van der Waals surface area contributed by atoms with Gasteiger partial charge < -0.3 is 11.1 Å². The van der Waals surface area contributed by atoms with Gasteiger partial charge in [-0.1, -0.05) is 6.07 Å². The lowest BCUT2D eigenvalue weighted by Gasteiger charge is -2.25. The topological polar surface area (TPSA) is 68.0 Å². The van der Waals surface area contributed by atoms with E-state index in [1.165, 1.54) is 0 Å². The van der Waals surface area contributed by atoms with Crippen molar-refractivity contribution in [1.29, 1.82) is 0 Å². The number of rotatable bonds is 5. The van der Waals surface area contributed by atoms with Gasteiger partial charge in [0.2, 0.25) is 5.91 Å². The number of nitrogens with zero attached hydrogens (tertiary/aromatic N) is 1. The van der Waals surface area contributed by atoms with Crippen LogP contribution in [0.5, 0.6) is 0 Å². The molecule has 0 radical (unpaired) electrons. The van der Waals surface area contributed by atoms with Gasteiger partial charge >= 0.3 is 0 Å². The molecule has 1 amide bonds. The summed E-state index contributed by atoms with van der Waals surface area (Å²) in [5.41, 5.74) is 6.11. The summed E-state index contributed by atoms with van der Waals surface area (Å²) in [6.45, 7) is 0.895. The standard InChI is InChI=1S/C13H19N3O/c14-12(17)13(8-4-10-16-13)7-3-6-11-5-1-2-9-15-11/h1-2,5,9,16H,3-4,6-8,10H2,(H2,14,17)/t13-/m0/s1. The maximum absolute atomic E-state index is 11.5. The molecule has 0 spiro atoms. The molecule has 1 aliphatic heterocycles. The molecule has 0 unspecified atom stereocenters. The van der Waals surface area contributed by atoms with Crippen LogP contribution < -0.4 is 11.1 Å². The molecule has 1 aromatic rings. The van der Waals surface area contributed by atoms with Gasteiger partial charge in [0, 0.05) is 11.9 Å². The van der Waals surface area contributed by atoms with Gasteiger partial charge in [0.25, 0.3) is 0 Å². The minimum atomic E-state index is -0.464. The van der Waals surface area contributed by atoms with E-state index in [4.69, 9.17) is 5.73 Å². The maximum atomic E-state index is 11.5. The first-order chi connectivity index (χ1) is 8.23. The zero-order valence-corrected chi connectivity index (χ0v) is 9.98. The number of hydrogen-bond acceptors (Lipinski definition) is 3. The largest absolute Gasteiger partial charge is 0.368 e. The molecule has 0 aliphatic carbocycles. The molecule has 1 aromatic heterocycles. The number of carbonyl (C=O) groups excluding carboxylic acids is 1. The Morgan fingerprint density at radius 3 is 3.00 bits per heavy atom. The average molecular weight is 233 g/mol. The number of aromatic nitrogens is 1. The fraction of sp³-hybridized carbons (Fsp3) is 0.538. The van der Waals surface area contributed by atoms with E-state index in [0.29, 0.717) is 0 Å². The van der Waals surface area contributed by atoms with Crippen LogP contribution in [0.15, 0.2) is 24.4 Å². The molecule has 1 atom stereocenters. The number of amides is 1. The Bertz CT molecular complexity index is 372. The van der Waals surface area contributed by atoms with Crippen molar-refractivity contribution in [3.05, 3.63) is 30.1 Å². The van der Waals surface area contributed by atoms with Crippen molar-refractivity contribution in [2.75, 3.05) is 6.54 Å².